The van der Waals surface area contributed by atoms with E-state index < -0.39 is 0 Å². The van der Waals surface area contributed by atoms with Crippen molar-refractivity contribution in [2.75, 3.05) is 17.7 Å². The standard InChI is InChI=1S/C27H33N5O4S2/c1-4-6-13-32-21(15-28-24(34)18-10-7-9-17(3)14-18)30-31-27(32)37-16-22(33)29-25-23(26(35)36-5-2)19-11-8-12-20(19)38-25/h7,9-10,14H,4-6,8,11-13,15-16H2,1-3H3,(H,28,34)(H,29,33). The van der Waals surface area contributed by atoms with E-state index in [2.05, 4.69) is 27.8 Å². The number of anilines is 1. The summed E-state index contributed by atoms with van der Waals surface area (Å²) in [6.07, 6.45) is 4.66. The van der Waals surface area contributed by atoms with E-state index in [1.54, 1.807) is 13.0 Å². The van der Waals surface area contributed by atoms with E-state index in [1.165, 1.54) is 23.1 Å². The fourth-order valence-electron chi connectivity index (χ4n) is 4.35. The quantitative estimate of drug-likeness (QED) is 0.244. The van der Waals surface area contributed by atoms with Crippen LogP contribution in [0.1, 0.15) is 75.7 Å². The lowest BCUT2D eigenvalue weighted by Gasteiger charge is -2.11. The van der Waals surface area contributed by atoms with Crippen LogP contribution in [0.5, 0.6) is 0 Å². The van der Waals surface area contributed by atoms with Crippen molar-refractivity contribution in [2.45, 2.75) is 71.1 Å². The van der Waals surface area contributed by atoms with Crippen molar-refractivity contribution in [2.24, 2.45) is 0 Å². The lowest BCUT2D eigenvalue weighted by atomic mass is 10.1. The number of ether oxygens (including phenoxy) is 1. The molecule has 0 fully saturated rings. The third kappa shape index (κ3) is 6.63. The molecule has 1 aliphatic rings. The Labute approximate surface area is 230 Å². The maximum atomic E-state index is 12.9. The molecule has 0 aliphatic heterocycles. The molecular weight excluding hydrogens is 522 g/mol. The van der Waals surface area contributed by atoms with Gasteiger partial charge < -0.3 is 19.9 Å². The number of unbranched alkanes of at least 4 members (excludes halogenated alkanes) is 1. The second-order valence-corrected chi connectivity index (χ2v) is 11.1. The van der Waals surface area contributed by atoms with Crippen LogP contribution in [0.3, 0.4) is 0 Å². The summed E-state index contributed by atoms with van der Waals surface area (Å²) >= 11 is 2.75. The van der Waals surface area contributed by atoms with Crippen LogP contribution < -0.4 is 10.6 Å². The summed E-state index contributed by atoms with van der Waals surface area (Å²) in [5.41, 5.74) is 3.12. The number of aryl methyl sites for hydroxylation is 2. The number of thioether (sulfide) groups is 1. The summed E-state index contributed by atoms with van der Waals surface area (Å²) in [6.45, 7) is 7.03. The number of amides is 2. The van der Waals surface area contributed by atoms with Gasteiger partial charge in [-0.05, 0) is 57.2 Å². The second kappa shape index (κ2) is 13.1. The Balaban J connectivity index is 1.41. The smallest absolute Gasteiger partial charge is 0.341 e. The van der Waals surface area contributed by atoms with Crippen LogP contribution >= 0.6 is 23.1 Å². The molecule has 2 aromatic heterocycles. The minimum Gasteiger partial charge on any atom is -0.462 e. The number of hydrogen-bond acceptors (Lipinski definition) is 8. The number of hydrogen-bond donors (Lipinski definition) is 2. The van der Waals surface area contributed by atoms with E-state index in [4.69, 9.17) is 4.74 Å². The van der Waals surface area contributed by atoms with E-state index in [0.717, 1.165) is 48.1 Å². The van der Waals surface area contributed by atoms with Crippen LogP contribution in [0, 0.1) is 6.92 Å². The number of carbonyl (C=O) groups excluding carboxylic acids is 3. The number of aromatic nitrogens is 3. The van der Waals surface area contributed by atoms with E-state index in [-0.39, 0.29) is 36.7 Å². The third-order valence-corrected chi connectivity index (χ3v) is 8.38. The summed E-state index contributed by atoms with van der Waals surface area (Å²) in [6, 6.07) is 7.42. The molecule has 2 amide bonds. The monoisotopic (exact) mass is 555 g/mol. The number of rotatable bonds is 12. The van der Waals surface area contributed by atoms with Gasteiger partial charge in [0.2, 0.25) is 5.91 Å². The largest absolute Gasteiger partial charge is 0.462 e. The van der Waals surface area contributed by atoms with Crippen molar-refractivity contribution in [1.29, 1.82) is 0 Å². The molecule has 0 saturated carbocycles. The average Bonchev–Trinajstić information content (AvgIpc) is 3.59. The number of carbonyl (C=O) groups is 3. The second-order valence-electron chi connectivity index (χ2n) is 9.07. The Hall–Kier alpha value is -3.18. The average molecular weight is 556 g/mol. The van der Waals surface area contributed by atoms with Gasteiger partial charge in [0.1, 0.15) is 5.00 Å². The van der Waals surface area contributed by atoms with Gasteiger partial charge in [-0.3, -0.25) is 9.59 Å². The lowest BCUT2D eigenvalue weighted by molar-refractivity contribution is -0.113. The van der Waals surface area contributed by atoms with Gasteiger partial charge in [-0.2, -0.15) is 0 Å². The van der Waals surface area contributed by atoms with Gasteiger partial charge in [-0.1, -0.05) is 42.8 Å². The number of thiophene rings is 1. The topological polar surface area (TPSA) is 115 Å². The molecule has 0 bridgehead atoms. The van der Waals surface area contributed by atoms with Crippen LogP contribution in [0.15, 0.2) is 29.4 Å². The fraction of sp³-hybridized carbons (Fsp3) is 0.444. The number of esters is 1. The molecule has 1 aromatic carbocycles. The molecule has 0 spiro atoms. The zero-order valence-electron chi connectivity index (χ0n) is 22.0. The molecule has 38 heavy (non-hydrogen) atoms. The van der Waals surface area contributed by atoms with Crippen molar-refractivity contribution in [1.82, 2.24) is 20.1 Å². The first-order chi connectivity index (χ1) is 18.4. The van der Waals surface area contributed by atoms with Crippen LogP contribution in [0.4, 0.5) is 5.00 Å². The molecule has 0 unspecified atom stereocenters. The summed E-state index contributed by atoms with van der Waals surface area (Å²) in [5.74, 6) is -0.0226. The molecule has 1 aliphatic carbocycles. The third-order valence-electron chi connectivity index (χ3n) is 6.20. The Kier molecular flexibility index (Phi) is 9.57. The van der Waals surface area contributed by atoms with Gasteiger partial charge in [-0.15, -0.1) is 21.5 Å². The Bertz CT molecular complexity index is 1320. The first kappa shape index (κ1) is 27.8. The van der Waals surface area contributed by atoms with Gasteiger partial charge in [0.25, 0.3) is 5.91 Å². The van der Waals surface area contributed by atoms with Crippen LogP contribution in [-0.2, 0) is 35.5 Å². The molecule has 3 aromatic rings. The maximum absolute atomic E-state index is 12.9. The predicted molar refractivity (Wildman–Crippen MR) is 149 cm³/mol. The molecule has 4 rings (SSSR count). The summed E-state index contributed by atoms with van der Waals surface area (Å²) in [5, 5.41) is 15.6. The molecule has 2 heterocycles. The highest BCUT2D eigenvalue weighted by Crippen LogP contribution is 2.39. The molecule has 2 N–H and O–H groups in total. The van der Waals surface area contributed by atoms with E-state index >= 15 is 0 Å². The zero-order chi connectivity index (χ0) is 27.1. The lowest BCUT2D eigenvalue weighted by Crippen LogP contribution is -2.25. The van der Waals surface area contributed by atoms with Crippen LogP contribution in [0.25, 0.3) is 0 Å². The highest BCUT2D eigenvalue weighted by atomic mass is 32.2. The predicted octanol–water partition coefficient (Wildman–Crippen LogP) is 4.77. The number of benzene rings is 1. The number of nitrogens with one attached hydrogen (secondary N) is 2. The molecule has 9 nitrogen and oxygen atoms in total. The number of fused-ring (bicyclic) bond motifs is 1. The van der Waals surface area contributed by atoms with Crippen molar-refractivity contribution in [3.8, 4) is 0 Å². The van der Waals surface area contributed by atoms with E-state index in [9.17, 15) is 14.4 Å². The summed E-state index contributed by atoms with van der Waals surface area (Å²) < 4.78 is 7.21. The normalized spacial score (nSPS) is 12.3. The molecular formula is C27H33N5O4S2. The first-order valence-corrected chi connectivity index (χ1v) is 14.7. The molecule has 0 saturated heterocycles. The van der Waals surface area contributed by atoms with Crippen molar-refractivity contribution < 1.29 is 19.1 Å². The molecule has 11 heteroatoms. The van der Waals surface area contributed by atoms with Crippen molar-refractivity contribution >= 4 is 45.9 Å². The van der Waals surface area contributed by atoms with E-state index in [0.29, 0.717) is 33.7 Å². The van der Waals surface area contributed by atoms with Gasteiger partial charge in [-0.25, -0.2) is 4.79 Å². The van der Waals surface area contributed by atoms with Crippen molar-refractivity contribution in [3.63, 3.8) is 0 Å². The Morgan fingerprint density at radius 2 is 2.03 bits per heavy atom. The van der Waals surface area contributed by atoms with Gasteiger partial charge in [0.15, 0.2) is 11.0 Å². The SMILES string of the molecule is CCCCn1c(CNC(=O)c2cccc(C)c2)nnc1SCC(=O)Nc1sc2c(c1C(=O)OCC)CCC2. The number of nitrogens with zero attached hydrogens (tertiary/aromatic N) is 3. The molecule has 0 atom stereocenters. The Morgan fingerprint density at radius 1 is 1.18 bits per heavy atom. The Morgan fingerprint density at radius 3 is 2.79 bits per heavy atom. The van der Waals surface area contributed by atoms with Gasteiger partial charge in [0, 0.05) is 17.0 Å². The molecule has 0 radical (unpaired) electrons. The molecule has 202 valence electrons. The van der Waals surface area contributed by atoms with Gasteiger partial charge >= 0.3 is 5.97 Å². The minimum atomic E-state index is -0.383. The van der Waals surface area contributed by atoms with Crippen molar-refractivity contribution in [3.05, 3.63) is 57.2 Å². The van der Waals surface area contributed by atoms with Crippen LogP contribution in [-0.4, -0.2) is 44.9 Å². The fourth-order valence-corrected chi connectivity index (χ4v) is 6.43. The summed E-state index contributed by atoms with van der Waals surface area (Å²) in [7, 11) is 0. The van der Waals surface area contributed by atoms with Gasteiger partial charge in [0.05, 0.1) is 24.5 Å². The maximum Gasteiger partial charge on any atom is 0.341 e. The van der Waals surface area contributed by atoms with Crippen LogP contribution in [0.2, 0.25) is 0 Å². The van der Waals surface area contributed by atoms with E-state index in [1.807, 2.05) is 29.7 Å². The minimum absolute atomic E-state index is 0.116. The first-order valence-electron chi connectivity index (χ1n) is 12.9. The zero-order valence-corrected chi connectivity index (χ0v) is 23.6. The summed E-state index contributed by atoms with van der Waals surface area (Å²) in [4.78, 5) is 39.2. The highest BCUT2D eigenvalue weighted by Gasteiger charge is 2.28. The highest BCUT2D eigenvalue weighted by molar-refractivity contribution is 7.99.